The lowest BCUT2D eigenvalue weighted by molar-refractivity contribution is -0.115. The summed E-state index contributed by atoms with van der Waals surface area (Å²) in [6.45, 7) is 3.38. The smallest absolute Gasteiger partial charge is 0.225 e. The summed E-state index contributed by atoms with van der Waals surface area (Å²) < 4.78 is 5.50. The molecule has 0 aromatic carbocycles. The van der Waals surface area contributed by atoms with E-state index in [1.807, 2.05) is 0 Å². The van der Waals surface area contributed by atoms with Crippen LogP contribution in [0.2, 0.25) is 0 Å². The molecule has 98 valence electrons. The fourth-order valence-corrected chi connectivity index (χ4v) is 1.75. The van der Waals surface area contributed by atoms with Gasteiger partial charge in [-0.25, -0.2) is 0 Å². The van der Waals surface area contributed by atoms with Crippen LogP contribution in [0.15, 0.2) is 12.1 Å². The van der Waals surface area contributed by atoms with Gasteiger partial charge in [0.1, 0.15) is 5.82 Å². The van der Waals surface area contributed by atoms with Gasteiger partial charge in [0, 0.05) is 19.6 Å². The number of carbonyl (C=O) groups excluding carboxylic acids is 1. The summed E-state index contributed by atoms with van der Waals surface area (Å²) >= 11 is 0. The van der Waals surface area contributed by atoms with Crippen molar-refractivity contribution in [3.63, 3.8) is 0 Å². The average molecular weight is 250 g/mol. The molecule has 1 saturated heterocycles. The van der Waals surface area contributed by atoms with Crippen molar-refractivity contribution < 1.29 is 9.53 Å². The van der Waals surface area contributed by atoms with Crippen molar-refractivity contribution in [2.24, 2.45) is 0 Å². The van der Waals surface area contributed by atoms with Crippen molar-refractivity contribution in [1.29, 1.82) is 0 Å². The molecule has 1 unspecified atom stereocenters. The molecule has 1 amide bonds. The van der Waals surface area contributed by atoms with Crippen LogP contribution in [-0.2, 0) is 9.53 Å². The van der Waals surface area contributed by atoms with E-state index in [0.717, 1.165) is 26.0 Å². The molecule has 6 nitrogen and oxygen atoms in total. The van der Waals surface area contributed by atoms with Crippen molar-refractivity contribution >= 4 is 17.5 Å². The van der Waals surface area contributed by atoms with E-state index in [9.17, 15) is 4.79 Å². The van der Waals surface area contributed by atoms with Gasteiger partial charge in [-0.3, -0.25) is 4.79 Å². The number of rotatable bonds is 5. The van der Waals surface area contributed by atoms with Gasteiger partial charge in [0.05, 0.1) is 6.10 Å². The molecule has 2 heterocycles. The number of hydrogen-bond donors (Lipinski definition) is 2. The maximum atomic E-state index is 11.2. The Bertz CT molecular complexity index is 388. The molecule has 1 fully saturated rings. The SMILES string of the molecule is CCC(=O)Nc1ccc(NCC2CCCO2)nn1. The molecule has 0 saturated carbocycles. The van der Waals surface area contributed by atoms with Crippen molar-refractivity contribution in [3.8, 4) is 0 Å². The molecule has 1 aromatic rings. The van der Waals surface area contributed by atoms with Gasteiger partial charge in [-0.2, -0.15) is 0 Å². The molecule has 18 heavy (non-hydrogen) atoms. The van der Waals surface area contributed by atoms with Gasteiger partial charge < -0.3 is 15.4 Å². The van der Waals surface area contributed by atoms with E-state index in [1.54, 1.807) is 19.1 Å². The number of nitrogens with one attached hydrogen (secondary N) is 2. The number of aromatic nitrogens is 2. The number of nitrogens with zero attached hydrogens (tertiary/aromatic N) is 2. The van der Waals surface area contributed by atoms with Crippen LogP contribution in [0.4, 0.5) is 11.6 Å². The molecule has 6 heteroatoms. The second kappa shape index (κ2) is 6.30. The number of hydrogen-bond acceptors (Lipinski definition) is 5. The first kappa shape index (κ1) is 12.8. The second-order valence-electron chi connectivity index (χ2n) is 4.22. The van der Waals surface area contributed by atoms with Gasteiger partial charge in [-0.05, 0) is 25.0 Å². The summed E-state index contributed by atoms with van der Waals surface area (Å²) in [6, 6.07) is 3.53. The molecule has 0 bridgehead atoms. The largest absolute Gasteiger partial charge is 0.376 e. The zero-order valence-corrected chi connectivity index (χ0v) is 10.5. The van der Waals surface area contributed by atoms with Crippen LogP contribution in [0, 0.1) is 0 Å². The number of carbonyl (C=O) groups is 1. The first-order chi connectivity index (χ1) is 8.78. The first-order valence-electron chi connectivity index (χ1n) is 6.27. The molecule has 1 aliphatic rings. The molecule has 2 rings (SSSR count). The normalized spacial score (nSPS) is 18.6. The minimum absolute atomic E-state index is 0.0654. The highest BCUT2D eigenvalue weighted by atomic mass is 16.5. The summed E-state index contributed by atoms with van der Waals surface area (Å²) in [7, 11) is 0. The molecule has 1 aliphatic heterocycles. The Morgan fingerprint density at radius 3 is 2.83 bits per heavy atom. The second-order valence-corrected chi connectivity index (χ2v) is 4.22. The van der Waals surface area contributed by atoms with E-state index in [1.165, 1.54) is 0 Å². The van der Waals surface area contributed by atoms with E-state index in [4.69, 9.17) is 4.74 Å². The Morgan fingerprint density at radius 2 is 2.22 bits per heavy atom. The highest BCUT2D eigenvalue weighted by Crippen LogP contribution is 2.13. The fourth-order valence-electron chi connectivity index (χ4n) is 1.75. The molecular formula is C12H18N4O2. The predicted molar refractivity (Wildman–Crippen MR) is 68.4 cm³/mol. The third-order valence-corrected chi connectivity index (χ3v) is 2.79. The van der Waals surface area contributed by atoms with E-state index in [-0.39, 0.29) is 12.0 Å². The topological polar surface area (TPSA) is 76.1 Å². The lowest BCUT2D eigenvalue weighted by Gasteiger charge is -2.10. The third-order valence-electron chi connectivity index (χ3n) is 2.79. The Morgan fingerprint density at radius 1 is 1.44 bits per heavy atom. The molecular weight excluding hydrogens is 232 g/mol. The first-order valence-corrected chi connectivity index (χ1v) is 6.27. The Balaban J connectivity index is 1.81. The van der Waals surface area contributed by atoms with Gasteiger partial charge in [-0.1, -0.05) is 6.92 Å². The Kier molecular flexibility index (Phi) is 4.46. The van der Waals surface area contributed by atoms with Gasteiger partial charge in [0.15, 0.2) is 5.82 Å². The summed E-state index contributed by atoms with van der Waals surface area (Å²) in [5.74, 6) is 1.11. The lowest BCUT2D eigenvalue weighted by Crippen LogP contribution is -2.19. The number of amides is 1. The maximum Gasteiger partial charge on any atom is 0.225 e. The summed E-state index contributed by atoms with van der Waals surface area (Å²) in [4.78, 5) is 11.2. The molecule has 1 aromatic heterocycles. The zero-order valence-electron chi connectivity index (χ0n) is 10.5. The molecule has 0 spiro atoms. The number of ether oxygens (including phenoxy) is 1. The fraction of sp³-hybridized carbons (Fsp3) is 0.583. The van der Waals surface area contributed by atoms with Crippen molar-refractivity contribution in [1.82, 2.24) is 10.2 Å². The maximum absolute atomic E-state index is 11.2. The molecule has 0 aliphatic carbocycles. The van der Waals surface area contributed by atoms with Crippen LogP contribution in [-0.4, -0.2) is 35.4 Å². The quantitative estimate of drug-likeness (QED) is 0.826. The van der Waals surface area contributed by atoms with Crippen molar-refractivity contribution in [3.05, 3.63) is 12.1 Å². The third kappa shape index (κ3) is 3.66. The highest BCUT2D eigenvalue weighted by molar-refractivity contribution is 5.89. The average Bonchev–Trinajstić information content (AvgIpc) is 2.91. The summed E-state index contributed by atoms with van der Waals surface area (Å²) in [6.07, 6.45) is 2.91. The minimum Gasteiger partial charge on any atom is -0.376 e. The van der Waals surface area contributed by atoms with Crippen LogP contribution in [0.25, 0.3) is 0 Å². The van der Waals surface area contributed by atoms with Crippen molar-refractivity contribution in [2.75, 3.05) is 23.8 Å². The number of anilines is 2. The van der Waals surface area contributed by atoms with Crippen molar-refractivity contribution in [2.45, 2.75) is 32.3 Å². The minimum atomic E-state index is -0.0654. The summed E-state index contributed by atoms with van der Waals surface area (Å²) in [5.41, 5.74) is 0. The van der Waals surface area contributed by atoms with Crippen LogP contribution < -0.4 is 10.6 Å². The van der Waals surface area contributed by atoms with E-state index < -0.39 is 0 Å². The van der Waals surface area contributed by atoms with Crippen LogP contribution in [0.5, 0.6) is 0 Å². The highest BCUT2D eigenvalue weighted by Gasteiger charge is 2.14. The van der Waals surface area contributed by atoms with Gasteiger partial charge in [-0.15, -0.1) is 10.2 Å². The molecule has 2 N–H and O–H groups in total. The van der Waals surface area contributed by atoms with Gasteiger partial charge in [0.2, 0.25) is 5.91 Å². The van der Waals surface area contributed by atoms with E-state index in [0.29, 0.717) is 18.1 Å². The molecule has 0 radical (unpaired) electrons. The van der Waals surface area contributed by atoms with E-state index in [2.05, 4.69) is 20.8 Å². The standard InChI is InChI=1S/C12H18N4O2/c1-2-12(17)14-11-6-5-10(15-16-11)13-8-9-4-3-7-18-9/h5-6,9H,2-4,7-8H2,1H3,(H,13,15)(H,14,16,17). The zero-order chi connectivity index (χ0) is 12.8. The van der Waals surface area contributed by atoms with Crippen LogP contribution in [0.1, 0.15) is 26.2 Å². The Labute approximate surface area is 106 Å². The van der Waals surface area contributed by atoms with Gasteiger partial charge in [0.25, 0.3) is 0 Å². The monoisotopic (exact) mass is 250 g/mol. The van der Waals surface area contributed by atoms with E-state index >= 15 is 0 Å². The lowest BCUT2D eigenvalue weighted by atomic mass is 10.2. The Hall–Kier alpha value is -1.69. The summed E-state index contributed by atoms with van der Waals surface area (Å²) in [5, 5.41) is 13.7. The van der Waals surface area contributed by atoms with Crippen LogP contribution >= 0.6 is 0 Å². The van der Waals surface area contributed by atoms with Gasteiger partial charge >= 0.3 is 0 Å². The van der Waals surface area contributed by atoms with Crippen LogP contribution in [0.3, 0.4) is 0 Å². The molecule has 1 atom stereocenters. The predicted octanol–water partition coefficient (Wildman–Crippen LogP) is 1.42.